The monoisotopic (exact) mass is 409 g/mol. The predicted molar refractivity (Wildman–Crippen MR) is 83.7 cm³/mol. The lowest BCUT2D eigenvalue weighted by Gasteiger charge is -2.20. The highest BCUT2D eigenvalue weighted by Crippen LogP contribution is 2.14. The summed E-state index contributed by atoms with van der Waals surface area (Å²) in [5.41, 5.74) is 0. The maximum Gasteiger partial charge on any atom is 0.411 e. The van der Waals surface area contributed by atoms with Crippen molar-refractivity contribution in [3.05, 3.63) is 0 Å². The van der Waals surface area contributed by atoms with Crippen LogP contribution >= 0.6 is 24.0 Å². The largest absolute Gasteiger partial charge is 0.411 e. The molecule has 1 aliphatic heterocycles. The Labute approximate surface area is 135 Å². The summed E-state index contributed by atoms with van der Waals surface area (Å²) in [6.07, 6.45) is -1.41. The summed E-state index contributed by atoms with van der Waals surface area (Å²) < 4.78 is 40.0. The summed E-state index contributed by atoms with van der Waals surface area (Å²) >= 11 is 0. The van der Waals surface area contributed by atoms with Gasteiger partial charge in [0.25, 0.3) is 0 Å². The van der Waals surface area contributed by atoms with Gasteiger partial charge in [-0.2, -0.15) is 13.2 Å². The Morgan fingerprint density at radius 1 is 1.30 bits per heavy atom. The normalized spacial score (nSPS) is 16.2. The average Bonchev–Trinajstić information content (AvgIpc) is 2.84. The molecule has 1 saturated heterocycles. The maximum atomic E-state index is 11.8. The number of halogens is 4. The zero-order chi connectivity index (χ0) is 14.1. The third-order valence-electron chi connectivity index (χ3n) is 2.71. The molecular formula is C12H23F3IN3O. The number of nitrogens with one attached hydrogen (secondary N) is 1. The van der Waals surface area contributed by atoms with Gasteiger partial charge in [-0.3, -0.25) is 4.99 Å². The standard InChI is InChI=1S/C12H22F3N3O.HI/c1-2-16-11(18-7-3-4-8-18)17-6-5-9-19-10-12(13,14)15;/h2-10H2,1H3,(H,16,17);1H. The summed E-state index contributed by atoms with van der Waals surface area (Å²) in [5.74, 6) is 0.857. The molecule has 0 aromatic heterocycles. The molecule has 0 saturated carbocycles. The SMILES string of the molecule is CCNC(=NCCCOCC(F)(F)F)N1CCCC1.I. The number of likely N-dealkylation sites (tertiary alicyclic amines) is 1. The molecule has 0 unspecified atom stereocenters. The molecule has 120 valence electrons. The number of alkyl halides is 3. The van der Waals surface area contributed by atoms with Gasteiger partial charge >= 0.3 is 6.18 Å². The van der Waals surface area contributed by atoms with Gasteiger partial charge in [-0.05, 0) is 26.2 Å². The number of hydrogen-bond acceptors (Lipinski definition) is 2. The molecule has 20 heavy (non-hydrogen) atoms. The van der Waals surface area contributed by atoms with Gasteiger partial charge < -0.3 is 15.0 Å². The van der Waals surface area contributed by atoms with Gasteiger partial charge in [0.1, 0.15) is 6.61 Å². The molecule has 0 bridgehead atoms. The van der Waals surface area contributed by atoms with Crippen LogP contribution in [0, 0.1) is 0 Å². The Balaban J connectivity index is 0.00000361. The molecule has 8 heteroatoms. The van der Waals surface area contributed by atoms with Crippen LogP contribution in [0.15, 0.2) is 4.99 Å². The van der Waals surface area contributed by atoms with Crippen LogP contribution in [-0.2, 0) is 4.74 Å². The fraction of sp³-hybridized carbons (Fsp3) is 0.917. The van der Waals surface area contributed by atoms with Crippen molar-refractivity contribution in [1.29, 1.82) is 0 Å². The minimum absolute atomic E-state index is 0. The molecule has 0 amide bonds. The van der Waals surface area contributed by atoms with E-state index in [0.29, 0.717) is 13.0 Å². The Kier molecular flexibility index (Phi) is 10.3. The summed E-state index contributed by atoms with van der Waals surface area (Å²) in [7, 11) is 0. The fourth-order valence-corrected chi connectivity index (χ4v) is 1.89. The molecular weight excluding hydrogens is 386 g/mol. The molecule has 0 spiro atoms. The van der Waals surface area contributed by atoms with E-state index in [0.717, 1.165) is 25.6 Å². The van der Waals surface area contributed by atoms with Gasteiger partial charge in [0, 0.05) is 32.8 Å². The number of guanidine groups is 1. The smallest absolute Gasteiger partial charge is 0.372 e. The molecule has 0 atom stereocenters. The molecule has 1 rings (SSSR count). The first-order chi connectivity index (χ1) is 9.03. The lowest BCUT2D eigenvalue weighted by Crippen LogP contribution is -2.39. The summed E-state index contributed by atoms with van der Waals surface area (Å²) in [6, 6.07) is 0. The molecule has 4 nitrogen and oxygen atoms in total. The quantitative estimate of drug-likeness (QED) is 0.317. The van der Waals surface area contributed by atoms with Gasteiger partial charge in [0.2, 0.25) is 0 Å². The van der Waals surface area contributed by atoms with E-state index in [4.69, 9.17) is 0 Å². The van der Waals surface area contributed by atoms with Gasteiger partial charge in [0.05, 0.1) is 0 Å². The van der Waals surface area contributed by atoms with Gasteiger partial charge in [-0.15, -0.1) is 24.0 Å². The lowest BCUT2D eigenvalue weighted by molar-refractivity contribution is -0.173. The van der Waals surface area contributed by atoms with Crippen LogP contribution in [0.2, 0.25) is 0 Å². The fourth-order valence-electron chi connectivity index (χ4n) is 1.89. The van der Waals surface area contributed by atoms with Crippen molar-refractivity contribution in [1.82, 2.24) is 10.2 Å². The van der Waals surface area contributed by atoms with E-state index >= 15 is 0 Å². The van der Waals surface area contributed by atoms with Crippen LogP contribution in [0.1, 0.15) is 26.2 Å². The second-order valence-corrected chi connectivity index (χ2v) is 4.45. The summed E-state index contributed by atoms with van der Waals surface area (Å²) in [5, 5.41) is 3.19. The highest BCUT2D eigenvalue weighted by molar-refractivity contribution is 14.0. The highest BCUT2D eigenvalue weighted by atomic mass is 127. The van der Waals surface area contributed by atoms with E-state index in [2.05, 4.69) is 19.9 Å². The van der Waals surface area contributed by atoms with Crippen LogP contribution in [0.3, 0.4) is 0 Å². The molecule has 0 aromatic carbocycles. The first-order valence-electron chi connectivity index (χ1n) is 6.70. The van der Waals surface area contributed by atoms with Gasteiger partial charge in [-0.1, -0.05) is 0 Å². The molecule has 1 fully saturated rings. The summed E-state index contributed by atoms with van der Waals surface area (Å²) in [6.45, 7) is 4.17. The van der Waals surface area contributed by atoms with Crippen molar-refractivity contribution in [2.45, 2.75) is 32.4 Å². The topological polar surface area (TPSA) is 36.9 Å². The number of rotatable bonds is 6. The number of aliphatic imine (C=N–C) groups is 1. The number of nitrogens with zero attached hydrogens (tertiary/aromatic N) is 2. The van der Waals surface area contributed by atoms with Gasteiger partial charge in [0.15, 0.2) is 5.96 Å². The van der Waals surface area contributed by atoms with E-state index in [1.54, 1.807) is 0 Å². The van der Waals surface area contributed by atoms with Crippen molar-refractivity contribution in [3.8, 4) is 0 Å². The Morgan fingerprint density at radius 2 is 1.95 bits per heavy atom. The first-order valence-corrected chi connectivity index (χ1v) is 6.70. The number of ether oxygens (including phenoxy) is 1. The first kappa shape index (κ1) is 19.8. The maximum absolute atomic E-state index is 11.8. The predicted octanol–water partition coefficient (Wildman–Crippen LogP) is 2.63. The molecule has 1 heterocycles. The molecule has 1 aliphatic rings. The number of hydrogen-bond donors (Lipinski definition) is 1. The molecule has 1 N–H and O–H groups in total. The van der Waals surface area contributed by atoms with E-state index in [-0.39, 0.29) is 30.6 Å². The zero-order valence-corrected chi connectivity index (χ0v) is 14.0. The minimum Gasteiger partial charge on any atom is -0.372 e. The Hall–Kier alpha value is -0.250. The van der Waals surface area contributed by atoms with Crippen LogP contribution in [-0.4, -0.2) is 56.4 Å². The van der Waals surface area contributed by atoms with E-state index < -0.39 is 12.8 Å². The summed E-state index contributed by atoms with van der Waals surface area (Å²) in [4.78, 5) is 6.58. The molecule has 0 radical (unpaired) electrons. The van der Waals surface area contributed by atoms with Crippen molar-refractivity contribution in [2.75, 3.05) is 39.4 Å². The van der Waals surface area contributed by atoms with Gasteiger partial charge in [-0.25, -0.2) is 0 Å². The van der Waals surface area contributed by atoms with Crippen molar-refractivity contribution in [3.63, 3.8) is 0 Å². The van der Waals surface area contributed by atoms with Crippen molar-refractivity contribution in [2.24, 2.45) is 4.99 Å². The second kappa shape index (κ2) is 10.5. The Bertz CT molecular complexity index is 282. The van der Waals surface area contributed by atoms with E-state index in [9.17, 15) is 13.2 Å². The van der Waals surface area contributed by atoms with Crippen molar-refractivity contribution < 1.29 is 17.9 Å². The molecule has 0 aliphatic carbocycles. The second-order valence-electron chi connectivity index (χ2n) is 4.45. The van der Waals surface area contributed by atoms with Crippen molar-refractivity contribution >= 4 is 29.9 Å². The van der Waals surface area contributed by atoms with Crippen LogP contribution in [0.25, 0.3) is 0 Å². The highest BCUT2D eigenvalue weighted by Gasteiger charge is 2.27. The third kappa shape index (κ3) is 8.83. The zero-order valence-electron chi connectivity index (χ0n) is 11.7. The van der Waals surface area contributed by atoms with Crippen LogP contribution in [0.4, 0.5) is 13.2 Å². The Morgan fingerprint density at radius 3 is 2.50 bits per heavy atom. The van der Waals surface area contributed by atoms with E-state index in [1.165, 1.54) is 12.8 Å². The minimum atomic E-state index is -4.24. The lowest BCUT2D eigenvalue weighted by atomic mass is 10.4. The van der Waals surface area contributed by atoms with Crippen LogP contribution in [0.5, 0.6) is 0 Å². The third-order valence-corrected chi connectivity index (χ3v) is 2.71. The van der Waals surface area contributed by atoms with E-state index in [1.807, 2.05) is 6.92 Å². The van der Waals surface area contributed by atoms with Crippen LogP contribution < -0.4 is 5.32 Å². The molecule has 0 aromatic rings. The average molecular weight is 409 g/mol.